The van der Waals surface area contributed by atoms with Crippen molar-refractivity contribution in [2.24, 2.45) is 31.8 Å². The Morgan fingerprint density at radius 3 is 1.39 bits per heavy atom. The van der Waals surface area contributed by atoms with Crippen LogP contribution >= 0.6 is 0 Å². The number of rotatable bonds is 26. The molecule has 5 heterocycles. The maximum atomic E-state index is 13.3. The highest BCUT2D eigenvalue weighted by Crippen LogP contribution is 2.29. The molecule has 3 fully saturated rings. The highest BCUT2D eigenvalue weighted by molar-refractivity contribution is 6.02. The van der Waals surface area contributed by atoms with E-state index in [0.29, 0.717) is 70.4 Å². The van der Waals surface area contributed by atoms with Gasteiger partial charge >= 0.3 is 24.2 Å². The van der Waals surface area contributed by atoms with Crippen molar-refractivity contribution in [3.05, 3.63) is 185 Å². The van der Waals surface area contributed by atoms with E-state index in [0.717, 1.165) is 119 Å². The van der Waals surface area contributed by atoms with E-state index in [-0.39, 0.29) is 70.6 Å². The molecule has 0 saturated carbocycles. The summed E-state index contributed by atoms with van der Waals surface area (Å²) in [6.45, 7) is 14.6. The Morgan fingerprint density at radius 2 is 0.944 bits per heavy atom. The number of urea groups is 3. The second-order valence-corrected chi connectivity index (χ2v) is 28.5. The van der Waals surface area contributed by atoms with Crippen LogP contribution in [-0.2, 0) is 38.1 Å². The Balaban J connectivity index is 0.000000843. The Kier molecular flexibility index (Phi) is 30.6. The number of aromatic nitrogens is 8. The number of aliphatic hydroxyl groups is 1. The van der Waals surface area contributed by atoms with E-state index in [4.69, 9.17) is 4.74 Å². The predicted molar refractivity (Wildman–Crippen MR) is 424 cm³/mol. The van der Waals surface area contributed by atoms with Crippen molar-refractivity contribution in [3.63, 3.8) is 0 Å². The zero-order valence-electron chi connectivity index (χ0n) is 62.7. The van der Waals surface area contributed by atoms with Gasteiger partial charge in [0, 0.05) is 142 Å². The molecule has 0 unspecified atom stereocenters. The molecule has 108 heavy (non-hydrogen) atoms. The number of nitrogens with zero attached hydrogens (tertiary/aromatic N) is 11. The number of aliphatic hydroxyl groups excluding tert-OH is 1. The molecule has 11 rings (SSSR count). The van der Waals surface area contributed by atoms with Crippen LogP contribution in [0.1, 0.15) is 141 Å². The normalized spacial score (nSPS) is 17.5. The minimum Gasteiger partial charge on any atom is -0.430 e. The molecule has 0 radical (unpaired) electrons. The van der Waals surface area contributed by atoms with Gasteiger partial charge in [-0.3, -0.25) is 19.4 Å². The van der Waals surface area contributed by atoms with E-state index in [1.165, 1.54) is 93.9 Å². The number of aryl methyl sites for hydroxylation is 2. The van der Waals surface area contributed by atoms with Gasteiger partial charge < -0.3 is 52.0 Å². The third-order valence-corrected chi connectivity index (χ3v) is 19.4. The van der Waals surface area contributed by atoms with Crippen molar-refractivity contribution < 1.29 is 63.2 Å². The number of tetrazole rings is 2. The van der Waals surface area contributed by atoms with Gasteiger partial charge in [0.25, 0.3) is 0 Å². The minimum atomic E-state index is -0.702. The zero-order chi connectivity index (χ0) is 77.2. The maximum Gasteiger partial charge on any atom is 0.408 e. The molecule has 6 aromatic carbocycles. The quantitative estimate of drug-likeness (QED) is 0.0234. The van der Waals surface area contributed by atoms with Gasteiger partial charge in [0.2, 0.25) is 0 Å². The lowest BCUT2D eigenvalue weighted by molar-refractivity contribution is -0.0412. The zero-order valence-corrected chi connectivity index (χ0v) is 62.7. The van der Waals surface area contributed by atoms with Gasteiger partial charge in [-0.1, -0.05) is 60.7 Å². The standard InChI is InChI=1S/C27H35FN8O3.C27H34FN3O4.C25H32FN7O.8H2/c1-18(30-26(37)31-23-8-4-7-21(16-23)25-32-33-34-35(25)3)14-24(39-27(38)29-2)36-13-5-6-20(17-36)15-19-9-11-22(28)12-10-19;1-17(29-27(35)30-25-14-22(18(2)32)13-23(15-25)19(3)33)11-26(34)31-10-4-5-21(16-31)12-20-6-8-24(28)9-7-20;1-18(12-14-33-13-4-5-20(17-33)15-19-8-10-22(26)11-9-19)27-25(34)28-23-7-3-6-21(16-23)24-29-30-31-32(24)2;;;;;;;;/h4,7-12,16,18,20,24H,5-6,13-15,17H2,1-3H3,(H,29,38)(H2,30,31,37);6-9,13-15,17,21,26,34H,4-5,10-12,16H2,1-3H3,(H2,29,30,35);3,6-11,16,18,20H,4-5,12-15,17H2,1-2H3,(H2,27,28,34);8*1H/t18-,20+,24-;17-,21+,26-;18-,20-;;;;;;;;/m110......../s1. The lowest BCUT2D eigenvalue weighted by Gasteiger charge is -2.38. The van der Waals surface area contributed by atoms with Crippen LogP contribution in [0, 0.1) is 35.2 Å². The fourth-order valence-electron chi connectivity index (χ4n) is 13.9. The Bertz CT molecular complexity index is 4250. The van der Waals surface area contributed by atoms with Crippen molar-refractivity contribution >= 4 is 52.8 Å². The first-order chi connectivity index (χ1) is 51.9. The summed E-state index contributed by atoms with van der Waals surface area (Å²) in [7, 11) is 5.04. The summed E-state index contributed by atoms with van der Waals surface area (Å²) in [6, 6.07) is 37.6. The van der Waals surface area contributed by atoms with Gasteiger partial charge in [0.1, 0.15) is 23.7 Å². The molecule has 3 aliphatic heterocycles. The van der Waals surface area contributed by atoms with Crippen molar-refractivity contribution in [3.8, 4) is 22.8 Å². The van der Waals surface area contributed by atoms with E-state index in [2.05, 4.69) is 78.1 Å². The van der Waals surface area contributed by atoms with Crippen LogP contribution in [0.3, 0.4) is 0 Å². The predicted octanol–water partition coefficient (Wildman–Crippen LogP) is 13.8. The number of ether oxygens (including phenoxy) is 1. The SMILES string of the molecule is CC(=O)c1cc(NC(=O)N[C@H](C)C[C@@H](O)N2CCC[C@@H](Cc3ccc(F)cc3)C2)cc(C(C)=O)c1.CNC(=O)O[C@H](C[C@@H](C)NC(=O)Nc1cccc(-c2nnnn2C)c1)N1CCC[C@@H](Cc2ccc(F)cc2)C1.C[C@@H](CCN1CCC[C@@H](Cc2ccc(F)cc2)C1)NC(=O)Nc1cccc(-c2nnnn2C)c1.[HH].[HH].[HH].[HH].[HH].[HH].[HH].[HH]. The Labute approximate surface area is 640 Å². The summed E-state index contributed by atoms with van der Waals surface area (Å²) in [4.78, 5) is 80.1. The van der Waals surface area contributed by atoms with E-state index >= 15 is 0 Å². The summed E-state index contributed by atoms with van der Waals surface area (Å²) >= 11 is 0. The molecule has 29 heteroatoms. The average molecular weight is 1500 g/mol. The third-order valence-electron chi connectivity index (χ3n) is 19.4. The number of halogens is 3. The smallest absolute Gasteiger partial charge is 0.408 e. The van der Waals surface area contributed by atoms with E-state index in [9.17, 15) is 47.0 Å². The first-order valence-electron chi connectivity index (χ1n) is 36.9. The van der Waals surface area contributed by atoms with Crippen LogP contribution in [0.5, 0.6) is 0 Å². The number of amides is 7. The number of hydrogen-bond donors (Lipinski definition) is 8. The number of piperidine rings is 3. The molecule has 0 spiro atoms. The average Bonchev–Trinajstić information content (AvgIpc) is 1.44. The first-order valence-corrected chi connectivity index (χ1v) is 36.9. The number of nitrogens with one attached hydrogen (secondary N) is 7. The van der Waals surface area contributed by atoms with Crippen molar-refractivity contribution in [2.45, 2.75) is 142 Å². The fraction of sp³-hybridized carbons (Fsp3) is 0.443. The largest absolute Gasteiger partial charge is 0.430 e. The van der Waals surface area contributed by atoms with Crippen molar-refractivity contribution in [1.29, 1.82) is 0 Å². The van der Waals surface area contributed by atoms with Gasteiger partial charge in [-0.25, -0.2) is 41.7 Å². The number of ketones is 2. The highest BCUT2D eigenvalue weighted by atomic mass is 19.1. The van der Waals surface area contributed by atoms with Crippen LogP contribution in [0.4, 0.5) is 49.4 Å². The Morgan fingerprint density at radius 1 is 0.528 bits per heavy atom. The molecule has 2 aromatic heterocycles. The van der Waals surface area contributed by atoms with E-state index in [1.54, 1.807) is 47.7 Å². The van der Waals surface area contributed by atoms with Crippen LogP contribution in [0.2, 0.25) is 0 Å². The van der Waals surface area contributed by atoms with Crippen LogP contribution in [0.15, 0.2) is 140 Å². The number of Topliss-reactive ketones (excluding diaryl/α,β-unsaturated/α-hetero) is 2. The first kappa shape index (κ1) is 81.6. The van der Waals surface area contributed by atoms with Crippen molar-refractivity contribution in [2.75, 3.05) is 68.8 Å². The van der Waals surface area contributed by atoms with Crippen LogP contribution in [-0.4, -0.2) is 179 Å². The lowest BCUT2D eigenvalue weighted by Crippen LogP contribution is -2.49. The Hall–Kier alpha value is -10.5. The van der Waals surface area contributed by atoms with E-state index < -0.39 is 24.6 Å². The number of alkyl carbamates (subject to hydrolysis) is 1. The number of benzene rings is 6. The molecular formula is C79H117F3N18O8. The van der Waals surface area contributed by atoms with Crippen LogP contribution < -0.4 is 37.2 Å². The molecule has 3 saturated heterocycles. The summed E-state index contributed by atoms with van der Waals surface area (Å²) in [6.07, 6.45) is 8.94. The number of anilines is 3. The van der Waals surface area contributed by atoms with Gasteiger partial charge in [0.05, 0.1) is 0 Å². The summed E-state index contributed by atoms with van der Waals surface area (Å²) in [5.74, 6) is 1.45. The van der Waals surface area contributed by atoms with Gasteiger partial charge in [-0.2, -0.15) is 0 Å². The van der Waals surface area contributed by atoms with Crippen molar-refractivity contribution in [1.82, 2.24) is 76.4 Å². The molecular weight excluding hydrogens is 1390 g/mol. The topological polar surface area (TPSA) is 313 Å². The van der Waals surface area contributed by atoms with Crippen LogP contribution in [0.25, 0.3) is 22.8 Å². The molecule has 8 N–H and O–H groups in total. The molecule has 7 amide bonds. The molecule has 3 aliphatic rings. The number of likely N-dealkylation sites (tertiary alicyclic amines) is 3. The fourth-order valence-corrected chi connectivity index (χ4v) is 13.9. The monoisotopic (exact) mass is 1500 g/mol. The molecule has 8 aromatic rings. The number of carbonyl (C=O) groups is 6. The lowest BCUT2D eigenvalue weighted by atomic mass is 9.91. The maximum absolute atomic E-state index is 13.3. The molecule has 26 nitrogen and oxygen atoms in total. The van der Waals surface area contributed by atoms with Gasteiger partial charge in [-0.05, 0) is 240 Å². The minimum absolute atomic E-state index is 0. The van der Waals surface area contributed by atoms with Gasteiger partial charge in [-0.15, -0.1) is 10.2 Å². The van der Waals surface area contributed by atoms with E-state index in [1.807, 2.05) is 86.3 Å². The highest BCUT2D eigenvalue weighted by Gasteiger charge is 2.32. The second-order valence-electron chi connectivity index (χ2n) is 28.5. The molecule has 8 atom stereocenters. The second kappa shape index (κ2) is 40.5. The summed E-state index contributed by atoms with van der Waals surface area (Å²) < 4.78 is 48.5. The summed E-state index contributed by atoms with van der Waals surface area (Å²) in [5.41, 5.74) is 7.29. The molecule has 0 bridgehead atoms. The molecule has 0 aliphatic carbocycles. The number of hydrogen-bond acceptors (Lipinski definition) is 17. The molecule has 592 valence electrons. The number of carbonyl (C=O) groups excluding carboxylic acids is 6. The summed E-state index contributed by atoms with van der Waals surface area (Å²) in [5, 5.41) is 53.5. The third kappa shape index (κ3) is 26.2. The van der Waals surface area contributed by atoms with Gasteiger partial charge in [0.15, 0.2) is 29.4 Å².